The summed E-state index contributed by atoms with van der Waals surface area (Å²) in [5.74, 6) is -0.533. The van der Waals surface area contributed by atoms with Gasteiger partial charge in [-0.3, -0.25) is 9.59 Å². The lowest BCUT2D eigenvalue weighted by molar-refractivity contribution is -0.115. The first-order valence-corrected chi connectivity index (χ1v) is 8.84. The molecule has 5 heteroatoms. The van der Waals surface area contributed by atoms with Crippen LogP contribution in [0.3, 0.4) is 0 Å². The van der Waals surface area contributed by atoms with Crippen LogP contribution in [0.5, 0.6) is 0 Å². The predicted molar refractivity (Wildman–Crippen MR) is 107 cm³/mol. The molecule has 0 aliphatic heterocycles. The van der Waals surface area contributed by atoms with Gasteiger partial charge in [0, 0.05) is 29.3 Å². The van der Waals surface area contributed by atoms with Crippen LogP contribution in [0.2, 0.25) is 0 Å². The second kappa shape index (κ2) is 7.91. The van der Waals surface area contributed by atoms with Crippen LogP contribution in [0, 0.1) is 20.8 Å². The van der Waals surface area contributed by atoms with E-state index in [4.69, 9.17) is 0 Å². The van der Waals surface area contributed by atoms with E-state index in [1.165, 1.54) is 0 Å². The van der Waals surface area contributed by atoms with Gasteiger partial charge in [0.25, 0.3) is 5.91 Å². The summed E-state index contributed by atoms with van der Waals surface area (Å²) in [4.78, 5) is 24.6. The van der Waals surface area contributed by atoms with Crippen molar-refractivity contribution in [2.75, 3.05) is 11.9 Å². The number of anilines is 1. The molecule has 2 N–H and O–H groups in total. The molecule has 0 spiro atoms. The zero-order valence-corrected chi connectivity index (χ0v) is 15.7. The number of amides is 2. The Labute approximate surface area is 159 Å². The van der Waals surface area contributed by atoms with Crippen molar-refractivity contribution in [2.45, 2.75) is 20.8 Å². The molecule has 3 aromatic rings. The highest BCUT2D eigenvalue weighted by molar-refractivity contribution is 6.00. The molecule has 138 valence electrons. The fourth-order valence-corrected chi connectivity index (χ4v) is 2.87. The summed E-state index contributed by atoms with van der Waals surface area (Å²) >= 11 is 0. The minimum absolute atomic E-state index is 0.0844. The van der Waals surface area contributed by atoms with Crippen LogP contribution < -0.4 is 10.6 Å². The number of hydrogen-bond donors (Lipinski definition) is 2. The Kier molecular flexibility index (Phi) is 5.41. The maximum absolute atomic E-state index is 12.5. The molecular formula is C22H23N3O2. The van der Waals surface area contributed by atoms with Gasteiger partial charge in [0.15, 0.2) is 0 Å². The van der Waals surface area contributed by atoms with Crippen LogP contribution in [-0.2, 0) is 4.79 Å². The van der Waals surface area contributed by atoms with Gasteiger partial charge in [0.05, 0.1) is 6.54 Å². The summed E-state index contributed by atoms with van der Waals surface area (Å²) in [6.45, 7) is 5.86. The Morgan fingerprint density at radius 3 is 2.41 bits per heavy atom. The Hall–Kier alpha value is -3.34. The number of hydrogen-bond acceptors (Lipinski definition) is 2. The molecule has 1 aromatic heterocycles. The maximum Gasteiger partial charge on any atom is 0.251 e. The smallest absolute Gasteiger partial charge is 0.251 e. The number of aromatic nitrogens is 1. The normalized spacial score (nSPS) is 10.5. The molecule has 0 aliphatic carbocycles. The van der Waals surface area contributed by atoms with Crippen molar-refractivity contribution in [3.8, 4) is 5.69 Å². The SMILES string of the molecule is Cc1ccc(C(=O)NCC(=O)Nc2cccc(C)c2C)cc1-n1cccc1. The van der Waals surface area contributed by atoms with E-state index in [-0.39, 0.29) is 18.4 Å². The number of benzene rings is 2. The highest BCUT2D eigenvalue weighted by atomic mass is 16.2. The lowest BCUT2D eigenvalue weighted by atomic mass is 10.1. The number of nitrogens with zero attached hydrogens (tertiary/aromatic N) is 1. The van der Waals surface area contributed by atoms with E-state index in [1.54, 1.807) is 6.07 Å². The Morgan fingerprint density at radius 1 is 0.926 bits per heavy atom. The van der Waals surface area contributed by atoms with E-state index in [1.807, 2.05) is 80.2 Å². The van der Waals surface area contributed by atoms with E-state index < -0.39 is 0 Å². The molecule has 0 atom stereocenters. The van der Waals surface area contributed by atoms with Crippen molar-refractivity contribution in [3.05, 3.63) is 83.2 Å². The lowest BCUT2D eigenvalue weighted by Gasteiger charge is -2.12. The summed E-state index contributed by atoms with van der Waals surface area (Å²) < 4.78 is 1.96. The number of aryl methyl sites for hydroxylation is 2. The number of carbonyl (C=O) groups is 2. The quantitative estimate of drug-likeness (QED) is 0.727. The van der Waals surface area contributed by atoms with Crippen molar-refractivity contribution in [2.24, 2.45) is 0 Å². The van der Waals surface area contributed by atoms with Crippen molar-refractivity contribution < 1.29 is 9.59 Å². The third kappa shape index (κ3) is 4.26. The van der Waals surface area contributed by atoms with Gasteiger partial charge >= 0.3 is 0 Å². The molecule has 0 radical (unpaired) electrons. The Balaban J connectivity index is 1.65. The molecule has 0 bridgehead atoms. The van der Waals surface area contributed by atoms with Crippen LogP contribution in [0.25, 0.3) is 5.69 Å². The van der Waals surface area contributed by atoms with Crippen LogP contribution in [0.15, 0.2) is 60.9 Å². The highest BCUT2D eigenvalue weighted by Crippen LogP contribution is 2.18. The van der Waals surface area contributed by atoms with Crippen LogP contribution in [-0.4, -0.2) is 22.9 Å². The first-order valence-electron chi connectivity index (χ1n) is 8.84. The van der Waals surface area contributed by atoms with Crippen molar-refractivity contribution in [1.82, 2.24) is 9.88 Å². The van der Waals surface area contributed by atoms with Gasteiger partial charge in [0.1, 0.15) is 0 Å². The van der Waals surface area contributed by atoms with E-state index in [9.17, 15) is 9.59 Å². The fourth-order valence-electron chi connectivity index (χ4n) is 2.87. The molecule has 2 aromatic carbocycles. The molecule has 3 rings (SSSR count). The van der Waals surface area contributed by atoms with Gasteiger partial charge in [-0.25, -0.2) is 0 Å². The monoisotopic (exact) mass is 361 g/mol. The van der Waals surface area contributed by atoms with E-state index in [2.05, 4.69) is 10.6 Å². The fraction of sp³-hybridized carbons (Fsp3) is 0.182. The predicted octanol–water partition coefficient (Wildman–Crippen LogP) is 3.77. The minimum atomic E-state index is -0.278. The third-order valence-corrected chi connectivity index (χ3v) is 4.64. The third-order valence-electron chi connectivity index (χ3n) is 4.64. The zero-order valence-electron chi connectivity index (χ0n) is 15.7. The molecule has 27 heavy (non-hydrogen) atoms. The van der Waals surface area contributed by atoms with Gasteiger partial charge in [-0.15, -0.1) is 0 Å². The van der Waals surface area contributed by atoms with Crippen molar-refractivity contribution in [3.63, 3.8) is 0 Å². The standard InChI is InChI=1S/C22H23N3O2/c1-15-7-6-8-19(17(15)3)24-21(26)14-23-22(27)18-10-9-16(2)20(13-18)25-11-4-5-12-25/h4-13H,14H2,1-3H3,(H,23,27)(H,24,26). The van der Waals surface area contributed by atoms with Gasteiger partial charge in [-0.2, -0.15) is 0 Å². The van der Waals surface area contributed by atoms with E-state index >= 15 is 0 Å². The second-order valence-corrected chi connectivity index (χ2v) is 6.57. The average molecular weight is 361 g/mol. The van der Waals surface area contributed by atoms with Crippen LogP contribution >= 0.6 is 0 Å². The number of rotatable bonds is 5. The molecule has 2 amide bonds. The summed E-state index contributed by atoms with van der Waals surface area (Å²) in [6, 6.07) is 15.1. The molecule has 1 heterocycles. The van der Waals surface area contributed by atoms with Crippen molar-refractivity contribution in [1.29, 1.82) is 0 Å². The lowest BCUT2D eigenvalue weighted by Crippen LogP contribution is -2.33. The molecular weight excluding hydrogens is 338 g/mol. The molecule has 0 fully saturated rings. The number of carbonyl (C=O) groups excluding carboxylic acids is 2. The van der Waals surface area contributed by atoms with E-state index in [0.29, 0.717) is 5.56 Å². The largest absolute Gasteiger partial charge is 0.343 e. The van der Waals surface area contributed by atoms with Gasteiger partial charge in [-0.05, 0) is 67.8 Å². The maximum atomic E-state index is 12.5. The molecule has 0 saturated heterocycles. The topological polar surface area (TPSA) is 63.1 Å². The number of nitrogens with one attached hydrogen (secondary N) is 2. The first kappa shape index (κ1) is 18.5. The van der Waals surface area contributed by atoms with Gasteiger partial charge in [0.2, 0.25) is 5.91 Å². The van der Waals surface area contributed by atoms with Crippen LogP contribution in [0.1, 0.15) is 27.0 Å². The summed E-state index contributed by atoms with van der Waals surface area (Å²) in [5, 5.41) is 5.53. The average Bonchev–Trinajstić information content (AvgIpc) is 3.18. The first-order chi connectivity index (χ1) is 13.0. The molecule has 0 saturated carbocycles. The Bertz CT molecular complexity index is 975. The summed E-state index contributed by atoms with van der Waals surface area (Å²) in [6.07, 6.45) is 3.86. The molecule has 0 unspecified atom stereocenters. The van der Waals surface area contributed by atoms with Crippen LogP contribution in [0.4, 0.5) is 5.69 Å². The summed E-state index contributed by atoms with van der Waals surface area (Å²) in [7, 11) is 0. The van der Waals surface area contributed by atoms with Gasteiger partial charge in [-0.1, -0.05) is 18.2 Å². The minimum Gasteiger partial charge on any atom is -0.343 e. The zero-order chi connectivity index (χ0) is 19.4. The molecule has 0 aliphatic rings. The molecule has 5 nitrogen and oxygen atoms in total. The Morgan fingerprint density at radius 2 is 1.67 bits per heavy atom. The highest BCUT2D eigenvalue weighted by Gasteiger charge is 2.11. The van der Waals surface area contributed by atoms with Crippen molar-refractivity contribution >= 4 is 17.5 Å². The van der Waals surface area contributed by atoms with Gasteiger partial charge < -0.3 is 15.2 Å². The summed E-state index contributed by atoms with van der Waals surface area (Å²) in [5.41, 5.74) is 5.41. The second-order valence-electron chi connectivity index (χ2n) is 6.57. The van der Waals surface area contributed by atoms with E-state index in [0.717, 1.165) is 28.1 Å².